The van der Waals surface area contributed by atoms with Crippen molar-refractivity contribution >= 4 is 11.8 Å². The second-order valence-electron chi connectivity index (χ2n) is 6.55. The van der Waals surface area contributed by atoms with Gasteiger partial charge in [-0.3, -0.25) is 9.36 Å². The average Bonchev–Trinajstić information content (AvgIpc) is 2.47. The summed E-state index contributed by atoms with van der Waals surface area (Å²) in [6.45, 7) is 6.33. The van der Waals surface area contributed by atoms with Crippen molar-refractivity contribution in [2.45, 2.75) is 43.3 Å². The standard InChI is InChI=1S/C17H19F3N2OS/c1-16(2,3)12-7-5-11(6-8-12)10-24-15-21-13(17(18,19)20)9-14(23)22(15)4/h5-9H,10H2,1-4H3. The molecule has 1 aromatic heterocycles. The van der Waals surface area contributed by atoms with Gasteiger partial charge in [0, 0.05) is 18.9 Å². The quantitative estimate of drug-likeness (QED) is 0.604. The minimum absolute atomic E-state index is 0.0398. The van der Waals surface area contributed by atoms with Crippen LogP contribution in [0.4, 0.5) is 13.2 Å². The first-order valence-electron chi connectivity index (χ1n) is 7.36. The van der Waals surface area contributed by atoms with Crippen molar-refractivity contribution in [1.82, 2.24) is 9.55 Å². The van der Waals surface area contributed by atoms with Crippen LogP contribution in [0.25, 0.3) is 0 Å². The Labute approximate surface area is 142 Å². The molecule has 0 fully saturated rings. The Hall–Kier alpha value is -1.76. The minimum Gasteiger partial charge on any atom is -0.291 e. The second kappa shape index (κ2) is 6.63. The van der Waals surface area contributed by atoms with Crippen LogP contribution in [0.15, 0.2) is 40.3 Å². The van der Waals surface area contributed by atoms with E-state index < -0.39 is 17.4 Å². The van der Waals surface area contributed by atoms with E-state index in [9.17, 15) is 18.0 Å². The molecule has 0 N–H and O–H groups in total. The van der Waals surface area contributed by atoms with Crippen LogP contribution in [-0.2, 0) is 24.4 Å². The third kappa shape index (κ3) is 4.41. The molecule has 0 atom stereocenters. The van der Waals surface area contributed by atoms with Gasteiger partial charge in [0.05, 0.1) is 0 Å². The van der Waals surface area contributed by atoms with Crippen LogP contribution in [0.2, 0.25) is 0 Å². The predicted octanol–water partition coefficient (Wildman–Crippen LogP) is 4.39. The molecule has 0 amide bonds. The molecule has 1 aromatic carbocycles. The number of nitrogens with zero attached hydrogens (tertiary/aromatic N) is 2. The smallest absolute Gasteiger partial charge is 0.291 e. The first kappa shape index (κ1) is 18.6. The number of alkyl halides is 3. The number of halogens is 3. The highest BCUT2D eigenvalue weighted by Gasteiger charge is 2.33. The molecule has 130 valence electrons. The van der Waals surface area contributed by atoms with Crippen LogP contribution in [0.5, 0.6) is 0 Å². The maximum atomic E-state index is 12.8. The molecule has 1 heterocycles. The fraction of sp³-hybridized carbons (Fsp3) is 0.412. The van der Waals surface area contributed by atoms with E-state index in [1.54, 1.807) is 0 Å². The van der Waals surface area contributed by atoms with E-state index in [-0.39, 0.29) is 10.6 Å². The van der Waals surface area contributed by atoms with Crippen LogP contribution in [0.3, 0.4) is 0 Å². The number of thioether (sulfide) groups is 1. The summed E-state index contributed by atoms with van der Waals surface area (Å²) in [6.07, 6.45) is -4.63. The predicted molar refractivity (Wildman–Crippen MR) is 89.2 cm³/mol. The first-order chi connectivity index (χ1) is 11.0. The lowest BCUT2D eigenvalue weighted by Gasteiger charge is -2.19. The fourth-order valence-corrected chi connectivity index (χ4v) is 2.98. The van der Waals surface area contributed by atoms with Gasteiger partial charge in [0.2, 0.25) is 0 Å². The lowest BCUT2D eigenvalue weighted by Crippen LogP contribution is -2.23. The lowest BCUT2D eigenvalue weighted by molar-refractivity contribution is -0.141. The van der Waals surface area contributed by atoms with Crippen molar-refractivity contribution in [3.8, 4) is 0 Å². The topological polar surface area (TPSA) is 34.9 Å². The molecule has 0 saturated heterocycles. The van der Waals surface area contributed by atoms with Crippen molar-refractivity contribution in [2.24, 2.45) is 7.05 Å². The van der Waals surface area contributed by atoms with Crippen LogP contribution >= 0.6 is 11.8 Å². The minimum atomic E-state index is -4.63. The molecule has 2 rings (SSSR count). The van der Waals surface area contributed by atoms with E-state index in [4.69, 9.17) is 0 Å². The Kier molecular flexibility index (Phi) is 5.13. The first-order valence-corrected chi connectivity index (χ1v) is 8.34. The number of rotatable bonds is 3. The third-order valence-electron chi connectivity index (χ3n) is 3.57. The Morgan fingerprint density at radius 3 is 2.21 bits per heavy atom. The summed E-state index contributed by atoms with van der Waals surface area (Å²) in [4.78, 5) is 15.3. The van der Waals surface area contributed by atoms with E-state index in [2.05, 4.69) is 25.8 Å². The number of benzene rings is 1. The van der Waals surface area contributed by atoms with E-state index >= 15 is 0 Å². The second-order valence-corrected chi connectivity index (χ2v) is 7.50. The van der Waals surface area contributed by atoms with Crippen LogP contribution in [-0.4, -0.2) is 9.55 Å². The van der Waals surface area contributed by atoms with Gasteiger partial charge < -0.3 is 0 Å². The summed E-state index contributed by atoms with van der Waals surface area (Å²) in [5, 5.41) is 0.0507. The third-order valence-corrected chi connectivity index (χ3v) is 4.67. The highest BCUT2D eigenvalue weighted by Crippen LogP contribution is 2.29. The molecule has 0 radical (unpaired) electrons. The van der Waals surface area contributed by atoms with Crippen LogP contribution in [0.1, 0.15) is 37.6 Å². The van der Waals surface area contributed by atoms with Crippen molar-refractivity contribution < 1.29 is 13.2 Å². The highest BCUT2D eigenvalue weighted by molar-refractivity contribution is 7.98. The zero-order valence-electron chi connectivity index (χ0n) is 13.9. The van der Waals surface area contributed by atoms with Gasteiger partial charge in [0.15, 0.2) is 10.9 Å². The highest BCUT2D eigenvalue weighted by atomic mass is 32.2. The molecule has 24 heavy (non-hydrogen) atoms. The van der Waals surface area contributed by atoms with Gasteiger partial charge in [0.25, 0.3) is 5.56 Å². The molecule has 0 unspecified atom stereocenters. The Morgan fingerprint density at radius 1 is 1.12 bits per heavy atom. The van der Waals surface area contributed by atoms with E-state index in [0.717, 1.165) is 21.9 Å². The van der Waals surface area contributed by atoms with Crippen molar-refractivity contribution in [3.63, 3.8) is 0 Å². The Balaban J connectivity index is 2.20. The fourth-order valence-electron chi connectivity index (χ4n) is 2.04. The molecule has 0 spiro atoms. The molecule has 0 aliphatic heterocycles. The molecular weight excluding hydrogens is 337 g/mol. The molecule has 3 nitrogen and oxygen atoms in total. The van der Waals surface area contributed by atoms with Gasteiger partial charge in [-0.05, 0) is 16.5 Å². The van der Waals surface area contributed by atoms with Gasteiger partial charge in [-0.2, -0.15) is 13.2 Å². The normalized spacial score (nSPS) is 12.5. The average molecular weight is 356 g/mol. The maximum absolute atomic E-state index is 12.8. The van der Waals surface area contributed by atoms with Crippen molar-refractivity contribution in [3.05, 3.63) is 57.5 Å². The van der Waals surface area contributed by atoms with E-state index in [1.165, 1.54) is 12.6 Å². The summed E-state index contributed by atoms with van der Waals surface area (Å²) in [6, 6.07) is 8.42. The Bertz CT molecular complexity index is 774. The van der Waals surface area contributed by atoms with Gasteiger partial charge in [-0.25, -0.2) is 4.98 Å². The van der Waals surface area contributed by atoms with E-state index in [0.29, 0.717) is 11.8 Å². The molecule has 0 saturated carbocycles. The van der Waals surface area contributed by atoms with Crippen LogP contribution in [0, 0.1) is 0 Å². The van der Waals surface area contributed by atoms with Gasteiger partial charge in [-0.15, -0.1) is 0 Å². The molecular formula is C17H19F3N2OS. The summed E-state index contributed by atoms with van der Waals surface area (Å²) in [5.41, 5.74) is 0.303. The summed E-state index contributed by atoms with van der Waals surface area (Å²) in [5.74, 6) is 0.437. The van der Waals surface area contributed by atoms with E-state index in [1.807, 2.05) is 24.3 Å². The molecule has 7 heteroatoms. The molecule has 0 aliphatic carbocycles. The van der Waals surface area contributed by atoms with Gasteiger partial charge >= 0.3 is 6.18 Å². The zero-order valence-corrected chi connectivity index (χ0v) is 14.8. The number of hydrogen-bond donors (Lipinski definition) is 0. The zero-order chi connectivity index (χ0) is 18.1. The van der Waals surface area contributed by atoms with Gasteiger partial charge in [0.1, 0.15) is 0 Å². The molecule has 0 aliphatic rings. The molecule has 0 bridgehead atoms. The monoisotopic (exact) mass is 356 g/mol. The summed E-state index contributed by atoms with van der Waals surface area (Å²) >= 11 is 1.11. The lowest BCUT2D eigenvalue weighted by atomic mass is 9.87. The SMILES string of the molecule is Cn1c(SCc2ccc(C(C)(C)C)cc2)nc(C(F)(F)F)cc1=O. The largest absolute Gasteiger partial charge is 0.433 e. The summed E-state index contributed by atoms with van der Waals surface area (Å²) in [7, 11) is 1.42. The van der Waals surface area contributed by atoms with Crippen LogP contribution < -0.4 is 5.56 Å². The van der Waals surface area contributed by atoms with Crippen molar-refractivity contribution in [1.29, 1.82) is 0 Å². The summed E-state index contributed by atoms with van der Waals surface area (Å²) < 4.78 is 39.5. The van der Waals surface area contributed by atoms with Crippen molar-refractivity contribution in [2.75, 3.05) is 0 Å². The maximum Gasteiger partial charge on any atom is 0.433 e. The molecule has 2 aromatic rings. The number of hydrogen-bond acceptors (Lipinski definition) is 3. The van der Waals surface area contributed by atoms with Gasteiger partial charge in [-0.1, -0.05) is 56.8 Å². The number of aromatic nitrogens is 2. The Morgan fingerprint density at radius 2 is 1.71 bits per heavy atom.